The first-order chi connectivity index (χ1) is 8.64. The van der Waals surface area contributed by atoms with Crippen LogP contribution in [0.3, 0.4) is 0 Å². The summed E-state index contributed by atoms with van der Waals surface area (Å²) in [6, 6.07) is 6.31. The molecule has 1 aliphatic heterocycles. The van der Waals surface area contributed by atoms with Gasteiger partial charge in [-0.05, 0) is 36.5 Å². The van der Waals surface area contributed by atoms with Crippen molar-refractivity contribution in [3.05, 3.63) is 29.6 Å². The molecule has 5 heteroatoms. The number of rotatable bonds is 3. The molecule has 1 aromatic rings. The van der Waals surface area contributed by atoms with Gasteiger partial charge in [-0.25, -0.2) is 4.39 Å². The molecular weight excluding hydrogens is 251 g/mol. The van der Waals surface area contributed by atoms with Gasteiger partial charge in [0.15, 0.2) is 0 Å². The highest BCUT2D eigenvalue weighted by atomic mass is 32.2. The Hall–Kier alpha value is -1.25. The zero-order chi connectivity index (χ0) is 13.0. The van der Waals surface area contributed by atoms with Crippen LogP contribution >= 0.6 is 11.8 Å². The average Bonchev–Trinajstić information content (AvgIpc) is 2.37. The van der Waals surface area contributed by atoms with E-state index in [4.69, 9.17) is 5.26 Å². The van der Waals surface area contributed by atoms with Crippen LogP contribution in [0, 0.1) is 17.1 Å². The van der Waals surface area contributed by atoms with Crippen molar-refractivity contribution in [2.24, 2.45) is 0 Å². The molecule has 0 aliphatic carbocycles. The zero-order valence-corrected chi connectivity index (χ0v) is 10.8. The largest absolute Gasteiger partial charge is 0.388 e. The molecule has 2 N–H and O–H groups in total. The van der Waals surface area contributed by atoms with Gasteiger partial charge < -0.3 is 10.4 Å². The minimum absolute atomic E-state index is 0.00582. The fraction of sp³-hybridized carbons (Fsp3) is 0.462. The first kappa shape index (κ1) is 13.2. The second-order valence-corrected chi connectivity index (χ2v) is 5.69. The van der Waals surface area contributed by atoms with E-state index in [9.17, 15) is 9.50 Å². The Morgan fingerprint density at radius 1 is 1.44 bits per heavy atom. The molecule has 0 aromatic heterocycles. The SMILES string of the molecule is N#Cc1c(F)cccc1NCC1(O)CCSCC1. The number of hydrogen-bond acceptors (Lipinski definition) is 4. The second kappa shape index (κ2) is 5.59. The normalized spacial score (nSPS) is 18.1. The number of anilines is 1. The summed E-state index contributed by atoms with van der Waals surface area (Å²) in [5.74, 6) is 1.34. The van der Waals surface area contributed by atoms with Crippen LogP contribution in [-0.2, 0) is 0 Å². The lowest BCUT2D eigenvalue weighted by Gasteiger charge is -2.32. The number of nitrogens with one attached hydrogen (secondary N) is 1. The third-order valence-electron chi connectivity index (χ3n) is 3.16. The van der Waals surface area contributed by atoms with Crippen molar-refractivity contribution in [2.45, 2.75) is 18.4 Å². The number of hydrogen-bond donors (Lipinski definition) is 2. The zero-order valence-electron chi connectivity index (χ0n) is 9.95. The molecule has 1 heterocycles. The van der Waals surface area contributed by atoms with Crippen molar-refractivity contribution in [1.82, 2.24) is 0 Å². The van der Waals surface area contributed by atoms with Crippen LogP contribution in [-0.4, -0.2) is 28.8 Å². The summed E-state index contributed by atoms with van der Waals surface area (Å²) < 4.78 is 13.4. The van der Waals surface area contributed by atoms with Crippen molar-refractivity contribution < 1.29 is 9.50 Å². The fourth-order valence-corrected chi connectivity index (χ4v) is 3.23. The van der Waals surface area contributed by atoms with E-state index in [0.717, 1.165) is 24.3 Å². The van der Waals surface area contributed by atoms with E-state index >= 15 is 0 Å². The smallest absolute Gasteiger partial charge is 0.143 e. The molecule has 96 valence electrons. The van der Waals surface area contributed by atoms with Gasteiger partial charge in [0.25, 0.3) is 0 Å². The van der Waals surface area contributed by atoms with Crippen LogP contribution in [0.1, 0.15) is 18.4 Å². The first-order valence-electron chi connectivity index (χ1n) is 5.87. The Kier molecular flexibility index (Phi) is 4.10. The van der Waals surface area contributed by atoms with Gasteiger partial charge in [0.2, 0.25) is 0 Å². The summed E-state index contributed by atoms with van der Waals surface area (Å²) in [5, 5.41) is 22.2. The van der Waals surface area contributed by atoms with E-state index in [1.165, 1.54) is 6.07 Å². The lowest BCUT2D eigenvalue weighted by Crippen LogP contribution is -2.40. The van der Waals surface area contributed by atoms with Crippen LogP contribution in [0.25, 0.3) is 0 Å². The van der Waals surface area contributed by atoms with Gasteiger partial charge in [0, 0.05) is 6.54 Å². The first-order valence-corrected chi connectivity index (χ1v) is 7.03. The molecule has 0 amide bonds. The molecule has 0 unspecified atom stereocenters. The van der Waals surface area contributed by atoms with Crippen molar-refractivity contribution in [1.29, 1.82) is 5.26 Å². The van der Waals surface area contributed by atoms with Gasteiger partial charge in [-0.1, -0.05) is 6.07 Å². The minimum atomic E-state index is -0.746. The standard InChI is InChI=1S/C13H15FN2OS/c14-11-2-1-3-12(10(11)8-15)16-9-13(17)4-6-18-7-5-13/h1-3,16-17H,4-7,9H2. The quantitative estimate of drug-likeness (QED) is 0.882. The highest BCUT2D eigenvalue weighted by Crippen LogP contribution is 2.28. The van der Waals surface area contributed by atoms with E-state index in [1.807, 2.05) is 17.8 Å². The van der Waals surface area contributed by atoms with Crippen molar-refractivity contribution in [3.63, 3.8) is 0 Å². The molecule has 0 radical (unpaired) electrons. The van der Waals surface area contributed by atoms with E-state index in [2.05, 4.69) is 5.32 Å². The van der Waals surface area contributed by atoms with Crippen molar-refractivity contribution in [3.8, 4) is 6.07 Å². The lowest BCUT2D eigenvalue weighted by atomic mass is 9.96. The van der Waals surface area contributed by atoms with Crippen LogP contribution < -0.4 is 5.32 Å². The predicted molar refractivity (Wildman–Crippen MR) is 71.1 cm³/mol. The van der Waals surface area contributed by atoms with Gasteiger partial charge in [-0.15, -0.1) is 0 Å². The molecule has 0 saturated carbocycles. The Balaban J connectivity index is 2.06. The number of aliphatic hydroxyl groups is 1. The van der Waals surface area contributed by atoms with Crippen molar-refractivity contribution >= 4 is 17.4 Å². The molecule has 1 saturated heterocycles. The summed E-state index contributed by atoms with van der Waals surface area (Å²) in [7, 11) is 0. The highest BCUT2D eigenvalue weighted by Gasteiger charge is 2.29. The Labute approximate surface area is 110 Å². The molecule has 1 aromatic carbocycles. The maximum absolute atomic E-state index is 13.4. The fourth-order valence-electron chi connectivity index (χ4n) is 1.97. The van der Waals surface area contributed by atoms with Crippen LogP contribution in [0.5, 0.6) is 0 Å². The van der Waals surface area contributed by atoms with E-state index < -0.39 is 11.4 Å². The molecule has 0 bridgehead atoms. The summed E-state index contributed by atoms with van der Waals surface area (Å²) in [6.07, 6.45) is 1.45. The van der Waals surface area contributed by atoms with Gasteiger partial charge in [0.05, 0.1) is 11.3 Å². The van der Waals surface area contributed by atoms with Crippen LogP contribution in [0.4, 0.5) is 10.1 Å². The molecule has 1 fully saturated rings. The minimum Gasteiger partial charge on any atom is -0.388 e. The summed E-state index contributed by atoms with van der Waals surface area (Å²) in [4.78, 5) is 0. The summed E-state index contributed by atoms with van der Waals surface area (Å²) >= 11 is 1.83. The molecule has 0 atom stereocenters. The maximum atomic E-state index is 13.4. The maximum Gasteiger partial charge on any atom is 0.143 e. The Morgan fingerprint density at radius 3 is 2.83 bits per heavy atom. The van der Waals surface area contributed by atoms with Gasteiger partial charge >= 0.3 is 0 Å². The number of nitrogens with zero attached hydrogens (tertiary/aromatic N) is 1. The van der Waals surface area contributed by atoms with E-state index in [0.29, 0.717) is 12.2 Å². The third kappa shape index (κ3) is 2.95. The molecular formula is C13H15FN2OS. The summed E-state index contributed by atoms with van der Waals surface area (Å²) in [6.45, 7) is 0.353. The predicted octanol–water partition coefficient (Wildman–Crippen LogP) is 2.37. The Morgan fingerprint density at radius 2 is 2.17 bits per heavy atom. The summed E-state index contributed by atoms with van der Waals surface area (Å²) in [5.41, 5.74) is -0.292. The number of halogens is 1. The molecule has 18 heavy (non-hydrogen) atoms. The second-order valence-electron chi connectivity index (χ2n) is 4.46. The van der Waals surface area contributed by atoms with Gasteiger partial charge in [-0.3, -0.25) is 0 Å². The van der Waals surface area contributed by atoms with Crippen molar-refractivity contribution in [2.75, 3.05) is 23.4 Å². The topological polar surface area (TPSA) is 56.0 Å². The lowest BCUT2D eigenvalue weighted by molar-refractivity contribution is 0.0454. The van der Waals surface area contributed by atoms with Gasteiger partial charge in [-0.2, -0.15) is 17.0 Å². The van der Waals surface area contributed by atoms with E-state index in [-0.39, 0.29) is 5.56 Å². The number of benzene rings is 1. The molecule has 2 rings (SSSR count). The molecule has 0 spiro atoms. The third-order valence-corrected chi connectivity index (χ3v) is 4.14. The monoisotopic (exact) mass is 266 g/mol. The van der Waals surface area contributed by atoms with E-state index in [1.54, 1.807) is 12.1 Å². The highest BCUT2D eigenvalue weighted by molar-refractivity contribution is 7.99. The number of thioether (sulfide) groups is 1. The van der Waals surface area contributed by atoms with Crippen LogP contribution in [0.2, 0.25) is 0 Å². The molecule has 3 nitrogen and oxygen atoms in total. The average molecular weight is 266 g/mol. The van der Waals surface area contributed by atoms with Gasteiger partial charge in [0.1, 0.15) is 17.4 Å². The Bertz CT molecular complexity index is 467. The molecule has 1 aliphatic rings. The number of nitriles is 1. The van der Waals surface area contributed by atoms with Crippen LogP contribution in [0.15, 0.2) is 18.2 Å².